The van der Waals surface area contributed by atoms with Crippen molar-refractivity contribution in [3.05, 3.63) is 50.8 Å². The number of aromatic amines is 2. The summed E-state index contributed by atoms with van der Waals surface area (Å²) in [5, 5.41) is 0. The molecule has 7 heteroatoms. The van der Waals surface area contributed by atoms with Crippen molar-refractivity contribution in [3.8, 4) is 0 Å². The van der Waals surface area contributed by atoms with E-state index in [1.54, 1.807) is 6.20 Å². The first-order chi connectivity index (χ1) is 10.9. The normalized spacial score (nSPS) is 20.5. The Hall–Kier alpha value is -2.15. The van der Waals surface area contributed by atoms with Gasteiger partial charge in [-0.2, -0.15) is 0 Å². The molecule has 0 radical (unpaired) electrons. The SMILES string of the molecule is CC1(C)CC(c2nccn2CCc2c[nH]c(=O)[nH]c2=O)CCO1. The van der Waals surface area contributed by atoms with E-state index in [-0.39, 0.29) is 11.2 Å². The van der Waals surface area contributed by atoms with E-state index in [0.717, 1.165) is 25.3 Å². The van der Waals surface area contributed by atoms with Crippen LogP contribution in [-0.2, 0) is 17.7 Å². The number of ether oxygens (including phenoxy) is 1. The Morgan fingerprint density at radius 1 is 1.43 bits per heavy atom. The van der Waals surface area contributed by atoms with Gasteiger partial charge in [-0.15, -0.1) is 0 Å². The zero-order valence-corrected chi connectivity index (χ0v) is 13.5. The number of nitrogens with zero attached hydrogens (tertiary/aromatic N) is 2. The van der Waals surface area contributed by atoms with E-state index < -0.39 is 5.69 Å². The fraction of sp³-hybridized carbons (Fsp3) is 0.562. The van der Waals surface area contributed by atoms with Gasteiger partial charge in [-0.3, -0.25) is 9.78 Å². The molecule has 0 bridgehead atoms. The zero-order valence-electron chi connectivity index (χ0n) is 13.5. The molecule has 1 fully saturated rings. The molecule has 2 aromatic rings. The van der Waals surface area contributed by atoms with Crippen LogP contribution in [0.2, 0.25) is 0 Å². The van der Waals surface area contributed by atoms with Crippen molar-refractivity contribution in [1.82, 2.24) is 19.5 Å². The van der Waals surface area contributed by atoms with Crippen LogP contribution >= 0.6 is 0 Å². The van der Waals surface area contributed by atoms with Crippen molar-refractivity contribution >= 4 is 0 Å². The van der Waals surface area contributed by atoms with E-state index in [1.807, 2.05) is 6.20 Å². The van der Waals surface area contributed by atoms with E-state index in [0.29, 0.717) is 24.4 Å². The van der Waals surface area contributed by atoms with Gasteiger partial charge in [0.05, 0.1) is 5.60 Å². The number of hydrogen-bond acceptors (Lipinski definition) is 4. The third kappa shape index (κ3) is 3.61. The minimum Gasteiger partial charge on any atom is -0.376 e. The van der Waals surface area contributed by atoms with Crippen LogP contribution in [0.25, 0.3) is 0 Å². The molecule has 1 aliphatic heterocycles. The summed E-state index contributed by atoms with van der Waals surface area (Å²) in [6.07, 6.45) is 7.66. The first-order valence-electron chi connectivity index (χ1n) is 7.90. The molecule has 0 aromatic carbocycles. The summed E-state index contributed by atoms with van der Waals surface area (Å²) < 4.78 is 7.87. The highest BCUT2D eigenvalue weighted by Crippen LogP contribution is 2.34. The summed E-state index contributed by atoms with van der Waals surface area (Å²) in [5.74, 6) is 1.41. The Labute approximate surface area is 133 Å². The van der Waals surface area contributed by atoms with Gasteiger partial charge in [0.15, 0.2) is 0 Å². The summed E-state index contributed by atoms with van der Waals surface area (Å²) in [4.78, 5) is 32.1. The summed E-state index contributed by atoms with van der Waals surface area (Å²) in [6, 6.07) is 0. The Balaban J connectivity index is 1.74. The van der Waals surface area contributed by atoms with Gasteiger partial charge in [-0.1, -0.05) is 0 Å². The number of aryl methyl sites for hydroxylation is 2. The maximum atomic E-state index is 11.8. The molecule has 1 unspecified atom stereocenters. The molecule has 7 nitrogen and oxygen atoms in total. The van der Waals surface area contributed by atoms with Crippen LogP contribution in [0, 0.1) is 0 Å². The summed E-state index contributed by atoms with van der Waals surface area (Å²) in [7, 11) is 0. The average molecular weight is 318 g/mol. The zero-order chi connectivity index (χ0) is 16.4. The van der Waals surface area contributed by atoms with Crippen LogP contribution in [0.15, 0.2) is 28.2 Å². The number of rotatable bonds is 4. The van der Waals surface area contributed by atoms with Gasteiger partial charge in [-0.05, 0) is 33.1 Å². The monoisotopic (exact) mass is 318 g/mol. The molecule has 23 heavy (non-hydrogen) atoms. The van der Waals surface area contributed by atoms with Crippen LogP contribution in [0.4, 0.5) is 0 Å². The maximum absolute atomic E-state index is 11.8. The van der Waals surface area contributed by atoms with E-state index in [4.69, 9.17) is 4.74 Å². The van der Waals surface area contributed by atoms with E-state index in [2.05, 4.69) is 33.4 Å². The van der Waals surface area contributed by atoms with Gasteiger partial charge in [0, 0.05) is 43.2 Å². The minimum absolute atomic E-state index is 0.129. The highest BCUT2D eigenvalue weighted by molar-refractivity contribution is 5.07. The Kier molecular flexibility index (Phi) is 4.21. The Morgan fingerprint density at radius 3 is 3.00 bits per heavy atom. The lowest BCUT2D eigenvalue weighted by atomic mass is 9.88. The first-order valence-corrected chi connectivity index (χ1v) is 7.90. The fourth-order valence-corrected chi connectivity index (χ4v) is 3.19. The van der Waals surface area contributed by atoms with Crippen molar-refractivity contribution in [2.24, 2.45) is 0 Å². The molecular formula is C16H22N4O3. The molecule has 3 heterocycles. The van der Waals surface area contributed by atoms with Gasteiger partial charge in [0.25, 0.3) is 5.56 Å². The topological polar surface area (TPSA) is 92.8 Å². The highest BCUT2D eigenvalue weighted by atomic mass is 16.5. The molecule has 124 valence electrons. The lowest BCUT2D eigenvalue weighted by Crippen LogP contribution is -2.34. The van der Waals surface area contributed by atoms with Crippen molar-refractivity contribution in [3.63, 3.8) is 0 Å². The Bertz CT molecular complexity index is 787. The van der Waals surface area contributed by atoms with Gasteiger partial charge >= 0.3 is 5.69 Å². The maximum Gasteiger partial charge on any atom is 0.325 e. The summed E-state index contributed by atoms with van der Waals surface area (Å²) in [5.41, 5.74) is -0.374. The number of aromatic nitrogens is 4. The van der Waals surface area contributed by atoms with Gasteiger partial charge in [0.1, 0.15) is 5.82 Å². The van der Waals surface area contributed by atoms with Crippen molar-refractivity contribution < 1.29 is 4.74 Å². The largest absolute Gasteiger partial charge is 0.376 e. The lowest BCUT2D eigenvalue weighted by molar-refractivity contribution is -0.0606. The van der Waals surface area contributed by atoms with Crippen LogP contribution in [0.5, 0.6) is 0 Å². The molecule has 0 spiro atoms. The smallest absolute Gasteiger partial charge is 0.325 e. The van der Waals surface area contributed by atoms with Crippen LogP contribution < -0.4 is 11.2 Å². The van der Waals surface area contributed by atoms with Gasteiger partial charge < -0.3 is 14.3 Å². The molecule has 3 rings (SSSR count). The quantitative estimate of drug-likeness (QED) is 0.885. The van der Waals surface area contributed by atoms with Crippen molar-refractivity contribution in [1.29, 1.82) is 0 Å². The van der Waals surface area contributed by atoms with Gasteiger partial charge in [-0.25, -0.2) is 9.78 Å². The first kappa shape index (κ1) is 15.7. The number of hydrogen-bond donors (Lipinski definition) is 2. The molecule has 1 saturated heterocycles. The van der Waals surface area contributed by atoms with E-state index >= 15 is 0 Å². The van der Waals surface area contributed by atoms with Gasteiger partial charge in [0.2, 0.25) is 0 Å². The predicted molar refractivity (Wildman–Crippen MR) is 85.6 cm³/mol. The third-order valence-electron chi connectivity index (χ3n) is 4.33. The number of nitrogens with one attached hydrogen (secondary N) is 2. The van der Waals surface area contributed by atoms with Crippen LogP contribution in [0.3, 0.4) is 0 Å². The van der Waals surface area contributed by atoms with Crippen LogP contribution in [0.1, 0.15) is 44.0 Å². The predicted octanol–water partition coefficient (Wildman–Crippen LogP) is 1.18. The second-order valence-electron chi connectivity index (χ2n) is 6.62. The molecule has 0 amide bonds. The average Bonchev–Trinajstić information content (AvgIpc) is 2.94. The molecule has 2 aromatic heterocycles. The van der Waals surface area contributed by atoms with Crippen molar-refractivity contribution in [2.75, 3.05) is 6.61 Å². The van der Waals surface area contributed by atoms with Crippen molar-refractivity contribution in [2.45, 2.75) is 51.2 Å². The summed E-state index contributed by atoms with van der Waals surface area (Å²) in [6.45, 7) is 5.60. The molecule has 0 saturated carbocycles. The third-order valence-corrected chi connectivity index (χ3v) is 4.33. The molecule has 1 aliphatic rings. The minimum atomic E-state index is -0.480. The lowest BCUT2D eigenvalue weighted by Gasteiger charge is -2.35. The Morgan fingerprint density at radius 2 is 2.26 bits per heavy atom. The number of imidazole rings is 1. The van der Waals surface area contributed by atoms with Crippen LogP contribution in [-0.4, -0.2) is 31.7 Å². The summed E-state index contributed by atoms with van der Waals surface area (Å²) >= 11 is 0. The molecule has 1 atom stereocenters. The fourth-order valence-electron chi connectivity index (χ4n) is 3.19. The standard InChI is InChI=1S/C16H22N4O3/c1-16(2)9-11(4-8-23-16)13-17-5-7-20(13)6-3-12-10-18-15(22)19-14(12)21/h5,7,10-11H,3-4,6,8-9H2,1-2H3,(H2,18,19,21,22). The van der Waals surface area contributed by atoms with E-state index in [9.17, 15) is 9.59 Å². The molecule has 2 N–H and O–H groups in total. The number of H-pyrrole nitrogens is 2. The van der Waals surface area contributed by atoms with E-state index in [1.165, 1.54) is 6.20 Å². The second kappa shape index (κ2) is 6.16. The molecule has 0 aliphatic carbocycles. The molecular weight excluding hydrogens is 296 g/mol. The second-order valence-corrected chi connectivity index (χ2v) is 6.62. The highest BCUT2D eigenvalue weighted by Gasteiger charge is 2.31.